The van der Waals surface area contributed by atoms with Gasteiger partial charge in [0.15, 0.2) is 0 Å². The van der Waals surface area contributed by atoms with E-state index in [4.69, 9.17) is 0 Å². The zero-order chi connectivity index (χ0) is 11.4. The summed E-state index contributed by atoms with van der Waals surface area (Å²) in [6.07, 6.45) is 1.02. The van der Waals surface area contributed by atoms with Crippen molar-refractivity contribution in [1.29, 1.82) is 0 Å². The zero-order valence-electron chi connectivity index (χ0n) is 9.87. The molecule has 1 heterocycles. The molecule has 16 heavy (non-hydrogen) atoms. The van der Waals surface area contributed by atoms with Gasteiger partial charge in [0, 0.05) is 37.4 Å². The molecule has 0 unspecified atom stereocenters. The molecule has 3 heteroatoms. The number of rotatable bonds is 3. The van der Waals surface area contributed by atoms with Crippen LogP contribution in [0.25, 0.3) is 0 Å². The van der Waals surface area contributed by atoms with E-state index < -0.39 is 0 Å². The summed E-state index contributed by atoms with van der Waals surface area (Å²) in [4.78, 5) is 2.35. The Balaban J connectivity index is 2.24. The fourth-order valence-electron chi connectivity index (χ4n) is 2.20. The van der Waals surface area contributed by atoms with E-state index in [0.29, 0.717) is 0 Å². The molecule has 0 spiro atoms. The molecule has 1 aliphatic heterocycles. The maximum absolute atomic E-state index is 9.43. The van der Waals surface area contributed by atoms with Gasteiger partial charge in [0.1, 0.15) is 0 Å². The third-order valence-electron chi connectivity index (χ3n) is 3.18. The number of benzene rings is 1. The molecule has 2 N–H and O–H groups in total. The summed E-state index contributed by atoms with van der Waals surface area (Å²) in [7, 11) is 0. The van der Waals surface area contributed by atoms with Gasteiger partial charge in [-0.05, 0) is 18.1 Å². The Hall–Kier alpha value is -1.06. The zero-order valence-corrected chi connectivity index (χ0v) is 9.87. The molecular formula is C13H20N2O. The fraction of sp³-hybridized carbons (Fsp3) is 0.538. The molecule has 0 atom stereocenters. The van der Waals surface area contributed by atoms with Crippen LogP contribution in [-0.2, 0) is 13.0 Å². The van der Waals surface area contributed by atoms with E-state index in [-0.39, 0.29) is 6.61 Å². The molecule has 0 saturated carbocycles. The first-order valence-electron chi connectivity index (χ1n) is 6.03. The summed E-state index contributed by atoms with van der Waals surface area (Å²) in [6.45, 7) is 6.38. The summed E-state index contributed by atoms with van der Waals surface area (Å²) < 4.78 is 0. The van der Waals surface area contributed by atoms with Crippen LogP contribution >= 0.6 is 0 Å². The molecule has 1 aliphatic rings. The van der Waals surface area contributed by atoms with Crippen molar-refractivity contribution in [3.63, 3.8) is 0 Å². The van der Waals surface area contributed by atoms with Gasteiger partial charge in [-0.1, -0.05) is 19.1 Å². The molecule has 1 saturated heterocycles. The van der Waals surface area contributed by atoms with Crippen LogP contribution in [0.1, 0.15) is 18.1 Å². The lowest BCUT2D eigenvalue weighted by molar-refractivity contribution is 0.282. The standard InChI is InChI=1S/C13H20N2O/c1-2-11-3-4-13(12(9-11)10-16)15-7-5-14-6-8-15/h3-4,9,14,16H,2,5-8,10H2,1H3. The van der Waals surface area contributed by atoms with Crippen LogP contribution in [0.4, 0.5) is 5.69 Å². The summed E-state index contributed by atoms with van der Waals surface area (Å²) in [6, 6.07) is 6.43. The Morgan fingerprint density at radius 1 is 1.31 bits per heavy atom. The Labute approximate surface area is 97.1 Å². The van der Waals surface area contributed by atoms with E-state index in [2.05, 4.69) is 35.3 Å². The van der Waals surface area contributed by atoms with Gasteiger partial charge in [0.2, 0.25) is 0 Å². The van der Waals surface area contributed by atoms with Crippen molar-refractivity contribution in [3.8, 4) is 0 Å². The molecular weight excluding hydrogens is 200 g/mol. The number of hydrogen-bond donors (Lipinski definition) is 2. The summed E-state index contributed by atoms with van der Waals surface area (Å²) in [5, 5.41) is 12.8. The molecule has 0 radical (unpaired) electrons. The minimum absolute atomic E-state index is 0.132. The lowest BCUT2D eigenvalue weighted by atomic mass is 10.1. The van der Waals surface area contributed by atoms with E-state index in [0.717, 1.165) is 38.2 Å². The van der Waals surface area contributed by atoms with Gasteiger partial charge in [-0.25, -0.2) is 0 Å². The third-order valence-corrected chi connectivity index (χ3v) is 3.18. The number of nitrogens with zero attached hydrogens (tertiary/aromatic N) is 1. The number of nitrogens with one attached hydrogen (secondary N) is 1. The Kier molecular flexibility index (Phi) is 3.80. The lowest BCUT2D eigenvalue weighted by Gasteiger charge is -2.31. The first kappa shape index (κ1) is 11.4. The highest BCUT2D eigenvalue weighted by Crippen LogP contribution is 2.22. The topological polar surface area (TPSA) is 35.5 Å². The van der Waals surface area contributed by atoms with Gasteiger partial charge in [-0.3, -0.25) is 0 Å². The predicted octanol–water partition coefficient (Wildman–Crippen LogP) is 1.15. The van der Waals surface area contributed by atoms with Crippen LogP contribution in [0, 0.1) is 0 Å². The Morgan fingerprint density at radius 3 is 2.69 bits per heavy atom. The average Bonchev–Trinajstić information content (AvgIpc) is 2.39. The predicted molar refractivity (Wildman–Crippen MR) is 66.8 cm³/mol. The smallest absolute Gasteiger partial charge is 0.0702 e. The van der Waals surface area contributed by atoms with Gasteiger partial charge in [-0.15, -0.1) is 0 Å². The van der Waals surface area contributed by atoms with Crippen LogP contribution in [0.5, 0.6) is 0 Å². The molecule has 3 nitrogen and oxygen atoms in total. The van der Waals surface area contributed by atoms with Crippen LogP contribution in [0.2, 0.25) is 0 Å². The normalized spacial score (nSPS) is 16.5. The number of aryl methyl sites for hydroxylation is 1. The summed E-state index contributed by atoms with van der Waals surface area (Å²) >= 11 is 0. The molecule has 1 aromatic carbocycles. The second-order valence-electron chi connectivity index (χ2n) is 4.21. The first-order chi connectivity index (χ1) is 7.85. The number of aliphatic hydroxyl groups is 1. The van der Waals surface area contributed by atoms with Crippen molar-refractivity contribution in [2.75, 3.05) is 31.1 Å². The Morgan fingerprint density at radius 2 is 2.06 bits per heavy atom. The quantitative estimate of drug-likeness (QED) is 0.802. The van der Waals surface area contributed by atoms with E-state index in [1.54, 1.807) is 0 Å². The molecule has 0 bridgehead atoms. The van der Waals surface area contributed by atoms with E-state index in [1.165, 1.54) is 11.3 Å². The average molecular weight is 220 g/mol. The molecule has 88 valence electrons. The van der Waals surface area contributed by atoms with E-state index >= 15 is 0 Å². The monoisotopic (exact) mass is 220 g/mol. The summed E-state index contributed by atoms with van der Waals surface area (Å²) in [5.41, 5.74) is 3.55. The van der Waals surface area contributed by atoms with Crippen LogP contribution in [0.3, 0.4) is 0 Å². The molecule has 0 amide bonds. The number of hydrogen-bond acceptors (Lipinski definition) is 3. The van der Waals surface area contributed by atoms with Crippen molar-refractivity contribution in [1.82, 2.24) is 5.32 Å². The van der Waals surface area contributed by atoms with Crippen molar-refractivity contribution in [3.05, 3.63) is 29.3 Å². The second kappa shape index (κ2) is 5.32. The number of piperazine rings is 1. The van der Waals surface area contributed by atoms with Gasteiger partial charge in [-0.2, -0.15) is 0 Å². The molecule has 2 rings (SSSR count). The SMILES string of the molecule is CCc1ccc(N2CCNCC2)c(CO)c1. The minimum atomic E-state index is 0.132. The fourth-order valence-corrected chi connectivity index (χ4v) is 2.20. The highest BCUT2D eigenvalue weighted by molar-refractivity contribution is 5.55. The van der Waals surface area contributed by atoms with E-state index in [9.17, 15) is 5.11 Å². The lowest BCUT2D eigenvalue weighted by Crippen LogP contribution is -2.43. The maximum atomic E-state index is 9.43. The van der Waals surface area contributed by atoms with Crippen LogP contribution in [-0.4, -0.2) is 31.3 Å². The van der Waals surface area contributed by atoms with Crippen LogP contribution in [0.15, 0.2) is 18.2 Å². The van der Waals surface area contributed by atoms with Crippen molar-refractivity contribution >= 4 is 5.69 Å². The van der Waals surface area contributed by atoms with Crippen molar-refractivity contribution < 1.29 is 5.11 Å². The highest BCUT2D eigenvalue weighted by Gasteiger charge is 2.13. The number of aliphatic hydroxyl groups excluding tert-OH is 1. The maximum Gasteiger partial charge on any atom is 0.0702 e. The first-order valence-corrected chi connectivity index (χ1v) is 6.03. The minimum Gasteiger partial charge on any atom is -0.392 e. The number of anilines is 1. The summed E-state index contributed by atoms with van der Waals surface area (Å²) in [5.74, 6) is 0. The van der Waals surface area contributed by atoms with Crippen LogP contribution < -0.4 is 10.2 Å². The van der Waals surface area contributed by atoms with Gasteiger partial charge < -0.3 is 15.3 Å². The van der Waals surface area contributed by atoms with Gasteiger partial charge >= 0.3 is 0 Å². The van der Waals surface area contributed by atoms with Crippen molar-refractivity contribution in [2.45, 2.75) is 20.0 Å². The van der Waals surface area contributed by atoms with Crippen molar-refractivity contribution in [2.24, 2.45) is 0 Å². The largest absolute Gasteiger partial charge is 0.392 e. The molecule has 0 aromatic heterocycles. The second-order valence-corrected chi connectivity index (χ2v) is 4.21. The molecule has 0 aliphatic carbocycles. The molecule has 1 aromatic rings. The van der Waals surface area contributed by atoms with Gasteiger partial charge in [0.25, 0.3) is 0 Å². The highest BCUT2D eigenvalue weighted by atomic mass is 16.3. The third kappa shape index (κ3) is 2.36. The Bertz CT molecular complexity index is 346. The molecule has 1 fully saturated rings. The van der Waals surface area contributed by atoms with E-state index in [1.807, 2.05) is 0 Å². The van der Waals surface area contributed by atoms with Gasteiger partial charge in [0.05, 0.1) is 6.61 Å².